The van der Waals surface area contributed by atoms with Crippen LogP contribution in [-0.2, 0) is 4.74 Å². The van der Waals surface area contributed by atoms with Crippen molar-refractivity contribution < 1.29 is 4.74 Å². The Morgan fingerprint density at radius 1 is 1.25 bits per heavy atom. The monoisotopic (exact) mass is 243 g/mol. The van der Waals surface area contributed by atoms with E-state index in [0.29, 0.717) is 11.0 Å². The molecule has 0 amide bonds. The van der Waals surface area contributed by atoms with Gasteiger partial charge in [0.15, 0.2) is 0 Å². The van der Waals surface area contributed by atoms with Crippen molar-refractivity contribution in [3.63, 3.8) is 0 Å². The van der Waals surface area contributed by atoms with Gasteiger partial charge in [-0.3, -0.25) is 9.80 Å². The molecule has 1 atom stereocenters. The van der Waals surface area contributed by atoms with Crippen molar-refractivity contribution in [2.75, 3.05) is 45.9 Å². The number of rotatable bonds is 4. The summed E-state index contributed by atoms with van der Waals surface area (Å²) in [6, 6.07) is 0.344. The molecule has 92 valence electrons. The van der Waals surface area contributed by atoms with Crippen LogP contribution in [0.25, 0.3) is 0 Å². The number of ether oxygens (including phenoxy) is 1. The predicted octanol–water partition coefficient (Wildman–Crippen LogP) is 0.0691. The van der Waals surface area contributed by atoms with Crippen LogP contribution in [0.1, 0.15) is 12.8 Å². The van der Waals surface area contributed by atoms with Gasteiger partial charge in [-0.15, -0.1) is 0 Å². The molecule has 0 aromatic rings. The minimum absolute atomic E-state index is 0.344. The summed E-state index contributed by atoms with van der Waals surface area (Å²) in [6.45, 7) is 7.21. The zero-order valence-corrected chi connectivity index (χ0v) is 10.5. The molecule has 2 fully saturated rings. The van der Waals surface area contributed by atoms with Gasteiger partial charge in [-0.2, -0.15) is 0 Å². The lowest BCUT2D eigenvalue weighted by molar-refractivity contribution is 0.0337. The molecule has 1 unspecified atom stereocenters. The maximum atomic E-state index is 5.75. The molecule has 0 aromatic carbocycles. The zero-order valence-electron chi connectivity index (χ0n) is 9.73. The van der Waals surface area contributed by atoms with Gasteiger partial charge < -0.3 is 10.5 Å². The number of thiocarbonyl (C=S) groups is 1. The number of morpholine rings is 1. The first-order chi connectivity index (χ1) is 7.77. The van der Waals surface area contributed by atoms with E-state index in [1.165, 1.54) is 6.42 Å². The van der Waals surface area contributed by atoms with Crippen molar-refractivity contribution >= 4 is 17.2 Å². The molecule has 2 saturated heterocycles. The average molecular weight is 243 g/mol. The topological polar surface area (TPSA) is 41.7 Å². The number of nitrogens with zero attached hydrogens (tertiary/aromatic N) is 2. The van der Waals surface area contributed by atoms with Crippen LogP contribution in [-0.4, -0.2) is 66.8 Å². The lowest BCUT2D eigenvalue weighted by Gasteiger charge is -2.30. The third-order valence-corrected chi connectivity index (χ3v) is 3.77. The van der Waals surface area contributed by atoms with E-state index in [2.05, 4.69) is 9.80 Å². The van der Waals surface area contributed by atoms with Crippen LogP contribution >= 0.6 is 12.2 Å². The summed E-state index contributed by atoms with van der Waals surface area (Å²) >= 11 is 5.11. The van der Waals surface area contributed by atoms with Crippen LogP contribution in [0.2, 0.25) is 0 Å². The largest absolute Gasteiger partial charge is 0.392 e. The first-order valence-electron chi connectivity index (χ1n) is 6.11. The molecule has 0 spiro atoms. The van der Waals surface area contributed by atoms with Gasteiger partial charge in [0.2, 0.25) is 0 Å². The Hall–Kier alpha value is -0.230. The first kappa shape index (κ1) is 12.2. The molecule has 0 bridgehead atoms. The highest BCUT2D eigenvalue weighted by molar-refractivity contribution is 7.80. The number of nitrogens with two attached hydrogens (primary N) is 1. The standard InChI is InChI=1S/C11H21N3OS/c12-11(16)10-2-1-3-14(10)5-4-13-6-8-15-9-7-13/h10H,1-9H2,(H2,12,16). The van der Waals surface area contributed by atoms with Crippen molar-refractivity contribution in [3.8, 4) is 0 Å². The molecule has 0 aliphatic carbocycles. The third-order valence-electron chi connectivity index (χ3n) is 3.50. The molecule has 2 heterocycles. The molecular formula is C11H21N3OS. The molecular weight excluding hydrogens is 222 g/mol. The smallest absolute Gasteiger partial charge is 0.0902 e. The second-order valence-electron chi connectivity index (χ2n) is 4.55. The average Bonchev–Trinajstić information content (AvgIpc) is 2.76. The molecule has 0 radical (unpaired) electrons. The highest BCUT2D eigenvalue weighted by Gasteiger charge is 2.26. The van der Waals surface area contributed by atoms with E-state index in [9.17, 15) is 0 Å². The maximum Gasteiger partial charge on any atom is 0.0902 e. The van der Waals surface area contributed by atoms with E-state index in [4.69, 9.17) is 22.7 Å². The Morgan fingerprint density at radius 2 is 2.00 bits per heavy atom. The van der Waals surface area contributed by atoms with Crippen LogP contribution < -0.4 is 5.73 Å². The predicted molar refractivity (Wildman–Crippen MR) is 68.6 cm³/mol. The van der Waals surface area contributed by atoms with Crippen LogP contribution in [0.15, 0.2) is 0 Å². The molecule has 2 aliphatic rings. The van der Waals surface area contributed by atoms with Gasteiger partial charge in [-0.1, -0.05) is 12.2 Å². The van der Waals surface area contributed by atoms with Crippen LogP contribution in [0.4, 0.5) is 0 Å². The van der Waals surface area contributed by atoms with Gasteiger partial charge in [0.25, 0.3) is 0 Å². The summed E-state index contributed by atoms with van der Waals surface area (Å²) in [5.41, 5.74) is 5.75. The Morgan fingerprint density at radius 3 is 2.69 bits per heavy atom. The quantitative estimate of drug-likeness (QED) is 0.708. The Labute approximate surface area is 103 Å². The minimum atomic E-state index is 0.344. The summed E-state index contributed by atoms with van der Waals surface area (Å²) in [7, 11) is 0. The first-order valence-corrected chi connectivity index (χ1v) is 6.51. The van der Waals surface area contributed by atoms with Crippen LogP contribution in [0.3, 0.4) is 0 Å². The SMILES string of the molecule is NC(=S)C1CCCN1CCN1CCOCC1. The molecule has 16 heavy (non-hydrogen) atoms. The highest BCUT2D eigenvalue weighted by atomic mass is 32.1. The van der Waals surface area contributed by atoms with Crippen molar-refractivity contribution in [1.29, 1.82) is 0 Å². The van der Waals surface area contributed by atoms with Crippen molar-refractivity contribution in [2.45, 2.75) is 18.9 Å². The number of hydrogen-bond donors (Lipinski definition) is 1. The normalized spacial score (nSPS) is 28.4. The van der Waals surface area contributed by atoms with Crippen LogP contribution in [0, 0.1) is 0 Å². The van der Waals surface area contributed by atoms with E-state index < -0.39 is 0 Å². The summed E-state index contributed by atoms with van der Waals surface area (Å²) in [5.74, 6) is 0. The highest BCUT2D eigenvalue weighted by Crippen LogP contribution is 2.17. The van der Waals surface area contributed by atoms with Gasteiger partial charge in [0, 0.05) is 26.2 Å². The summed E-state index contributed by atoms with van der Waals surface area (Å²) in [6.07, 6.45) is 2.36. The molecule has 2 N–H and O–H groups in total. The second kappa shape index (κ2) is 5.91. The van der Waals surface area contributed by atoms with Gasteiger partial charge >= 0.3 is 0 Å². The van der Waals surface area contributed by atoms with Crippen molar-refractivity contribution in [1.82, 2.24) is 9.80 Å². The summed E-state index contributed by atoms with van der Waals surface area (Å²) in [5, 5.41) is 0. The van der Waals surface area contributed by atoms with E-state index >= 15 is 0 Å². The second-order valence-corrected chi connectivity index (χ2v) is 5.02. The van der Waals surface area contributed by atoms with E-state index in [1.807, 2.05) is 0 Å². The summed E-state index contributed by atoms with van der Waals surface area (Å²) in [4.78, 5) is 5.55. The number of likely N-dealkylation sites (tertiary alicyclic amines) is 1. The number of hydrogen-bond acceptors (Lipinski definition) is 4. The van der Waals surface area contributed by atoms with Gasteiger partial charge in [-0.25, -0.2) is 0 Å². The fourth-order valence-electron chi connectivity index (χ4n) is 2.51. The van der Waals surface area contributed by atoms with Gasteiger partial charge in [0.05, 0.1) is 24.2 Å². The Bertz CT molecular complexity index is 243. The van der Waals surface area contributed by atoms with Crippen molar-refractivity contribution in [3.05, 3.63) is 0 Å². The van der Waals surface area contributed by atoms with E-state index in [1.54, 1.807) is 0 Å². The maximum absolute atomic E-state index is 5.75. The molecule has 4 nitrogen and oxygen atoms in total. The zero-order chi connectivity index (χ0) is 11.4. The lowest BCUT2D eigenvalue weighted by atomic mass is 10.2. The van der Waals surface area contributed by atoms with E-state index in [-0.39, 0.29) is 0 Å². The minimum Gasteiger partial charge on any atom is -0.392 e. The Kier molecular flexibility index (Phi) is 4.52. The molecule has 2 rings (SSSR count). The molecule has 0 aromatic heterocycles. The van der Waals surface area contributed by atoms with E-state index in [0.717, 1.165) is 52.4 Å². The summed E-state index contributed by atoms with van der Waals surface area (Å²) < 4.78 is 5.33. The fraction of sp³-hybridized carbons (Fsp3) is 0.909. The molecule has 0 saturated carbocycles. The molecule has 5 heteroatoms. The Balaban J connectivity index is 1.73. The lowest BCUT2D eigenvalue weighted by Crippen LogP contribution is -2.45. The third kappa shape index (κ3) is 3.13. The van der Waals surface area contributed by atoms with Crippen molar-refractivity contribution in [2.24, 2.45) is 5.73 Å². The van der Waals surface area contributed by atoms with Crippen LogP contribution in [0.5, 0.6) is 0 Å². The van der Waals surface area contributed by atoms with Gasteiger partial charge in [-0.05, 0) is 19.4 Å². The molecule has 2 aliphatic heterocycles. The fourth-order valence-corrected chi connectivity index (χ4v) is 2.78. The van der Waals surface area contributed by atoms with Gasteiger partial charge in [0.1, 0.15) is 0 Å².